The van der Waals surface area contributed by atoms with Gasteiger partial charge in [0.05, 0.1) is 0 Å². The van der Waals surface area contributed by atoms with E-state index in [9.17, 15) is 4.79 Å². The summed E-state index contributed by atoms with van der Waals surface area (Å²) in [4.78, 5) is 12.5. The maximum atomic E-state index is 9.31. The largest absolute Gasteiger partial charge is 0.479 e. The third kappa shape index (κ3) is 95.6. The molecule has 0 saturated carbocycles. The van der Waals surface area contributed by atoms with Crippen molar-refractivity contribution in [3.63, 3.8) is 0 Å². The quantitative estimate of drug-likeness (QED) is 0.244. The minimum Gasteiger partial charge on any atom is -0.479 e. The van der Waals surface area contributed by atoms with Gasteiger partial charge in [0.2, 0.25) is 0 Å². The molecule has 9 heteroatoms. The summed E-state index contributed by atoms with van der Waals surface area (Å²) in [6, 6.07) is 0. The highest BCUT2D eigenvalue weighted by Gasteiger charge is 1.89. The Labute approximate surface area is 61.5 Å². The van der Waals surface area contributed by atoms with Crippen molar-refractivity contribution >= 4 is 16.4 Å². The van der Waals surface area contributed by atoms with Crippen molar-refractivity contribution in [2.75, 3.05) is 6.61 Å². The summed E-state index contributed by atoms with van der Waals surface area (Å²) in [5, 5.41) is 15.0. The van der Waals surface area contributed by atoms with Gasteiger partial charge in [-0.1, -0.05) is 0 Å². The average molecular weight is 190 g/mol. The lowest BCUT2D eigenvalue weighted by Crippen LogP contribution is -2.03. The Balaban J connectivity index is 0. The first-order valence-corrected chi connectivity index (χ1v) is 3.35. The highest BCUT2D eigenvalue weighted by molar-refractivity contribution is 7.79. The second-order valence-electron chi connectivity index (χ2n) is 1.12. The van der Waals surface area contributed by atoms with E-state index in [0.29, 0.717) is 0 Å². The van der Waals surface area contributed by atoms with Crippen molar-refractivity contribution in [1.29, 1.82) is 0 Å². The molecule has 0 amide bonds. The normalized spacial score (nSPS) is 9.73. The number of hydrogen-bond donors (Lipinski definition) is 4. The number of carboxylic acids is 1. The highest BCUT2D eigenvalue weighted by Crippen LogP contribution is 1.61. The van der Waals surface area contributed by atoms with E-state index in [4.69, 9.17) is 27.9 Å². The zero-order chi connectivity index (χ0) is 9.49. The minimum absolute atomic E-state index is 0.653. The zero-order valence-electron chi connectivity index (χ0n) is 5.04. The van der Waals surface area contributed by atoms with Gasteiger partial charge < -0.3 is 5.11 Å². The summed E-state index contributed by atoms with van der Waals surface area (Å²) < 4.78 is 31.6. The Morgan fingerprint density at radius 3 is 1.64 bits per heavy atom. The van der Waals surface area contributed by atoms with Crippen LogP contribution in [0.4, 0.5) is 0 Å². The minimum atomic E-state index is -4.67. The molecule has 0 aliphatic carbocycles. The molecule has 0 fully saturated rings. The van der Waals surface area contributed by atoms with Gasteiger partial charge in [-0.05, 0) is 0 Å². The molecule has 0 aromatic carbocycles. The van der Waals surface area contributed by atoms with Crippen molar-refractivity contribution in [3.8, 4) is 0 Å². The molecular weight excluding hydrogens is 184 g/mol. The summed E-state index contributed by atoms with van der Waals surface area (Å²) in [7, 11) is -4.67. The number of rotatable bonds is 2. The molecule has 0 aliphatic rings. The van der Waals surface area contributed by atoms with E-state index >= 15 is 0 Å². The first kappa shape index (κ1) is 12.9. The van der Waals surface area contributed by atoms with Crippen LogP contribution in [0.1, 0.15) is 0 Å². The molecule has 11 heavy (non-hydrogen) atoms. The molecule has 0 aliphatic heterocycles. The molecule has 8 nitrogen and oxygen atoms in total. The highest BCUT2D eigenvalue weighted by atomic mass is 32.3. The Hall–Kier alpha value is -0.740. The lowest BCUT2D eigenvalue weighted by atomic mass is 10.8. The molecule has 0 rings (SSSR count). The molecule has 0 unspecified atom stereocenters. The molecule has 0 heterocycles. The van der Waals surface area contributed by atoms with E-state index in [1.54, 1.807) is 0 Å². The van der Waals surface area contributed by atoms with E-state index in [-0.39, 0.29) is 0 Å². The van der Waals surface area contributed by atoms with Gasteiger partial charge in [0.1, 0.15) is 0 Å². The van der Waals surface area contributed by atoms with E-state index in [1.807, 2.05) is 0 Å². The molecular formula is C2H6O8S. The van der Waals surface area contributed by atoms with Gasteiger partial charge in [0, 0.05) is 0 Å². The van der Waals surface area contributed by atoms with Crippen LogP contribution >= 0.6 is 0 Å². The van der Waals surface area contributed by atoms with Crippen LogP contribution < -0.4 is 0 Å². The van der Waals surface area contributed by atoms with Crippen molar-refractivity contribution in [1.82, 2.24) is 0 Å². The van der Waals surface area contributed by atoms with Crippen LogP contribution in [0.3, 0.4) is 0 Å². The molecule has 0 aromatic rings. The van der Waals surface area contributed by atoms with Crippen LogP contribution in [0.25, 0.3) is 0 Å². The van der Waals surface area contributed by atoms with Crippen LogP contribution in [0, 0.1) is 0 Å². The van der Waals surface area contributed by atoms with E-state index in [1.165, 1.54) is 0 Å². The second-order valence-corrected chi connectivity index (χ2v) is 2.01. The Morgan fingerprint density at radius 2 is 1.64 bits per heavy atom. The van der Waals surface area contributed by atoms with Gasteiger partial charge in [-0.2, -0.15) is 8.42 Å². The predicted molar refractivity (Wildman–Crippen MR) is 30.4 cm³/mol. The van der Waals surface area contributed by atoms with E-state index in [0.717, 1.165) is 0 Å². The standard InChI is InChI=1S/C2H4O4.H2O4S/c3-2(4)1-6-5;1-5(2,3)4/h5H,1H2,(H,3,4);(H2,1,2,3,4). The van der Waals surface area contributed by atoms with Gasteiger partial charge >= 0.3 is 16.4 Å². The summed E-state index contributed by atoms with van der Waals surface area (Å²) in [6.07, 6.45) is 0. The van der Waals surface area contributed by atoms with Gasteiger partial charge in [0.25, 0.3) is 0 Å². The monoisotopic (exact) mass is 190 g/mol. The SMILES string of the molecule is O=C(O)COO.O=S(=O)(O)O. The van der Waals surface area contributed by atoms with Crippen LogP contribution in [-0.2, 0) is 20.1 Å². The predicted octanol–water partition coefficient (Wildman–Crippen LogP) is -1.09. The average Bonchev–Trinajstić information content (AvgIpc) is 1.58. The summed E-state index contributed by atoms with van der Waals surface area (Å²) in [5.74, 6) is -1.18. The van der Waals surface area contributed by atoms with Crippen LogP contribution in [0.15, 0.2) is 0 Å². The molecule has 0 saturated heterocycles. The first-order chi connectivity index (χ1) is 4.77. The van der Waals surface area contributed by atoms with Crippen LogP contribution in [0.2, 0.25) is 0 Å². The number of hydrogen-bond acceptors (Lipinski definition) is 5. The first-order valence-electron chi connectivity index (χ1n) is 1.95. The molecule has 0 aromatic heterocycles. The molecule has 0 bridgehead atoms. The van der Waals surface area contributed by atoms with Crippen molar-refractivity contribution in [2.24, 2.45) is 0 Å². The Morgan fingerprint density at radius 1 is 1.36 bits per heavy atom. The van der Waals surface area contributed by atoms with Gasteiger partial charge in [-0.25, -0.2) is 9.68 Å². The Kier molecular flexibility index (Phi) is 7.04. The fraction of sp³-hybridized carbons (Fsp3) is 0.500. The molecule has 4 N–H and O–H groups in total. The third-order valence-electron chi connectivity index (χ3n) is 0.188. The lowest BCUT2D eigenvalue weighted by Gasteiger charge is -1.81. The maximum Gasteiger partial charge on any atom is 0.394 e. The molecule has 68 valence electrons. The number of carboxylic acid groups (broad SMARTS) is 1. The van der Waals surface area contributed by atoms with Crippen molar-refractivity contribution in [3.05, 3.63) is 0 Å². The summed E-state index contributed by atoms with van der Waals surface area (Å²) >= 11 is 0. The summed E-state index contributed by atoms with van der Waals surface area (Å²) in [5.41, 5.74) is 0. The maximum absolute atomic E-state index is 9.31. The lowest BCUT2D eigenvalue weighted by molar-refractivity contribution is -0.243. The third-order valence-corrected chi connectivity index (χ3v) is 0.188. The smallest absolute Gasteiger partial charge is 0.394 e. The fourth-order valence-corrected chi connectivity index (χ4v) is 0.0552. The van der Waals surface area contributed by atoms with E-state index in [2.05, 4.69) is 4.89 Å². The van der Waals surface area contributed by atoms with Crippen molar-refractivity contribution in [2.45, 2.75) is 0 Å². The van der Waals surface area contributed by atoms with Gasteiger partial charge in [0.15, 0.2) is 6.61 Å². The molecule has 0 spiro atoms. The Bertz CT molecular complexity index is 182. The topological polar surface area (TPSA) is 141 Å². The molecule has 0 radical (unpaired) electrons. The molecule has 0 atom stereocenters. The second kappa shape index (κ2) is 6.00. The van der Waals surface area contributed by atoms with Gasteiger partial charge in [-0.15, -0.1) is 0 Å². The summed E-state index contributed by atoms with van der Waals surface area (Å²) in [6.45, 7) is -0.653. The van der Waals surface area contributed by atoms with Crippen molar-refractivity contribution < 1.29 is 37.6 Å². The number of aliphatic carboxylic acids is 1. The zero-order valence-corrected chi connectivity index (χ0v) is 5.85. The fourth-order valence-electron chi connectivity index (χ4n) is 0.0552. The number of carbonyl (C=O) groups is 1. The van der Waals surface area contributed by atoms with Crippen LogP contribution in [-0.4, -0.2) is 40.5 Å². The van der Waals surface area contributed by atoms with Gasteiger partial charge in [-0.3, -0.25) is 14.4 Å². The van der Waals surface area contributed by atoms with Crippen LogP contribution in [0.5, 0.6) is 0 Å². The van der Waals surface area contributed by atoms with E-state index < -0.39 is 23.0 Å².